The van der Waals surface area contributed by atoms with Crippen LogP contribution in [0.1, 0.15) is 29.0 Å². The summed E-state index contributed by atoms with van der Waals surface area (Å²) >= 11 is 0. The zero-order valence-corrected chi connectivity index (χ0v) is 18.5. The van der Waals surface area contributed by atoms with Gasteiger partial charge in [-0.3, -0.25) is 14.3 Å². The van der Waals surface area contributed by atoms with E-state index in [1.807, 2.05) is 36.0 Å². The minimum atomic E-state index is -0.494. The lowest BCUT2D eigenvalue weighted by Crippen LogP contribution is -2.24. The lowest BCUT2D eigenvalue weighted by atomic mass is 10.1. The van der Waals surface area contributed by atoms with E-state index in [1.54, 1.807) is 24.3 Å². The highest BCUT2D eigenvalue weighted by molar-refractivity contribution is 6.05. The smallest absolute Gasteiger partial charge is 0.291 e. The fourth-order valence-electron chi connectivity index (χ4n) is 4.17. The monoisotopic (exact) mass is 443 g/mol. The van der Waals surface area contributed by atoms with E-state index in [-0.39, 0.29) is 11.2 Å². The third-order valence-electron chi connectivity index (χ3n) is 5.94. The van der Waals surface area contributed by atoms with Gasteiger partial charge in [0.2, 0.25) is 0 Å². The van der Waals surface area contributed by atoms with Gasteiger partial charge in [-0.1, -0.05) is 29.5 Å². The molecule has 0 unspecified atom stereocenters. The molecule has 1 aliphatic heterocycles. The molecule has 0 saturated carbocycles. The van der Waals surface area contributed by atoms with Gasteiger partial charge in [-0.2, -0.15) is 0 Å². The van der Waals surface area contributed by atoms with Crippen molar-refractivity contribution in [1.82, 2.24) is 19.9 Å². The van der Waals surface area contributed by atoms with E-state index in [2.05, 4.69) is 20.5 Å². The van der Waals surface area contributed by atoms with Crippen molar-refractivity contribution in [1.29, 1.82) is 0 Å². The molecule has 33 heavy (non-hydrogen) atoms. The van der Waals surface area contributed by atoms with Crippen molar-refractivity contribution in [3.05, 3.63) is 76.3 Å². The number of nitrogens with one attached hydrogen (secondary N) is 1. The average molecular weight is 444 g/mol. The Kier molecular flexibility index (Phi) is 5.75. The summed E-state index contributed by atoms with van der Waals surface area (Å²) in [5.41, 5.74) is 3.11. The maximum absolute atomic E-state index is 13.0. The molecule has 2 aromatic carbocycles. The normalized spacial score (nSPS) is 14.1. The number of benzene rings is 2. The number of rotatable bonds is 6. The second-order valence-corrected chi connectivity index (χ2v) is 8.39. The van der Waals surface area contributed by atoms with Gasteiger partial charge in [0.05, 0.1) is 23.8 Å². The maximum atomic E-state index is 13.0. The summed E-state index contributed by atoms with van der Waals surface area (Å²) in [5.74, 6) is -0.536. The summed E-state index contributed by atoms with van der Waals surface area (Å²) in [4.78, 5) is 27.8. The molecule has 5 rings (SSSR count). The van der Waals surface area contributed by atoms with E-state index >= 15 is 0 Å². The van der Waals surface area contributed by atoms with Crippen LogP contribution in [0.5, 0.6) is 0 Å². The van der Waals surface area contributed by atoms with E-state index in [4.69, 9.17) is 4.42 Å². The number of carbonyl (C=O) groups is 1. The number of carbonyl (C=O) groups excluding carboxylic acids is 1. The number of amides is 1. The van der Waals surface area contributed by atoms with E-state index in [1.165, 1.54) is 18.9 Å². The molecule has 1 aliphatic rings. The second-order valence-electron chi connectivity index (χ2n) is 8.39. The van der Waals surface area contributed by atoms with E-state index in [0.29, 0.717) is 22.4 Å². The highest BCUT2D eigenvalue weighted by Crippen LogP contribution is 2.28. The van der Waals surface area contributed by atoms with Gasteiger partial charge in [-0.15, -0.1) is 5.10 Å². The number of aryl methyl sites for hydroxylation is 1. The second kappa shape index (κ2) is 8.99. The molecule has 8 nitrogen and oxygen atoms in total. The molecule has 3 heterocycles. The van der Waals surface area contributed by atoms with Gasteiger partial charge >= 0.3 is 0 Å². The van der Waals surface area contributed by atoms with Gasteiger partial charge in [0.25, 0.3) is 5.91 Å². The van der Waals surface area contributed by atoms with Gasteiger partial charge < -0.3 is 14.6 Å². The van der Waals surface area contributed by atoms with Crippen molar-refractivity contribution >= 4 is 22.6 Å². The first kappa shape index (κ1) is 21.1. The molecule has 168 valence electrons. The Morgan fingerprint density at radius 2 is 1.91 bits per heavy atom. The Morgan fingerprint density at radius 1 is 1.09 bits per heavy atom. The first-order chi connectivity index (χ1) is 16.1. The van der Waals surface area contributed by atoms with Crippen molar-refractivity contribution in [3.8, 4) is 11.3 Å². The SMILES string of the molecule is Cc1ccc(-c2cn(CCN3CCCC3)nn2)c(NC(=O)c2cc(=O)c3ccccc3o2)c1. The average Bonchev–Trinajstić information content (AvgIpc) is 3.50. The molecule has 0 bridgehead atoms. The molecule has 0 aliphatic carbocycles. The van der Waals surface area contributed by atoms with Gasteiger partial charge in [0.1, 0.15) is 11.3 Å². The van der Waals surface area contributed by atoms with Crippen molar-refractivity contribution in [2.24, 2.45) is 0 Å². The topological polar surface area (TPSA) is 93.3 Å². The molecular weight excluding hydrogens is 418 g/mol. The van der Waals surface area contributed by atoms with Crippen LogP contribution < -0.4 is 10.7 Å². The highest BCUT2D eigenvalue weighted by atomic mass is 16.3. The number of hydrogen-bond donors (Lipinski definition) is 1. The Bertz CT molecular complexity index is 1370. The molecular formula is C25H25N5O3. The number of anilines is 1. The number of para-hydroxylation sites is 1. The fraction of sp³-hybridized carbons (Fsp3) is 0.280. The first-order valence-corrected chi connectivity index (χ1v) is 11.1. The molecule has 1 saturated heterocycles. The van der Waals surface area contributed by atoms with Crippen molar-refractivity contribution in [3.63, 3.8) is 0 Å². The molecule has 0 radical (unpaired) electrons. The van der Waals surface area contributed by atoms with Crippen molar-refractivity contribution in [2.75, 3.05) is 25.0 Å². The first-order valence-electron chi connectivity index (χ1n) is 11.1. The van der Waals surface area contributed by atoms with Crippen LogP contribution in [0.3, 0.4) is 0 Å². The molecule has 1 fully saturated rings. The number of fused-ring (bicyclic) bond motifs is 1. The molecule has 0 spiro atoms. The minimum Gasteiger partial charge on any atom is -0.451 e. The van der Waals surface area contributed by atoms with Crippen LogP contribution in [0.25, 0.3) is 22.2 Å². The predicted molar refractivity (Wildman–Crippen MR) is 126 cm³/mol. The summed E-state index contributed by atoms with van der Waals surface area (Å²) in [7, 11) is 0. The van der Waals surface area contributed by atoms with Gasteiger partial charge in [0.15, 0.2) is 11.2 Å². The highest BCUT2D eigenvalue weighted by Gasteiger charge is 2.17. The largest absolute Gasteiger partial charge is 0.451 e. The Balaban J connectivity index is 1.39. The summed E-state index contributed by atoms with van der Waals surface area (Å²) in [5, 5.41) is 11.9. The number of aromatic nitrogens is 3. The third-order valence-corrected chi connectivity index (χ3v) is 5.94. The summed E-state index contributed by atoms with van der Waals surface area (Å²) < 4.78 is 7.52. The summed E-state index contributed by atoms with van der Waals surface area (Å²) in [6.45, 7) is 5.94. The number of hydrogen-bond acceptors (Lipinski definition) is 6. The molecule has 8 heteroatoms. The molecule has 4 aromatic rings. The van der Waals surface area contributed by atoms with Gasteiger partial charge in [-0.05, 0) is 56.6 Å². The number of likely N-dealkylation sites (tertiary alicyclic amines) is 1. The van der Waals surface area contributed by atoms with Crippen LogP contribution in [-0.4, -0.2) is 45.4 Å². The molecule has 2 aromatic heterocycles. The maximum Gasteiger partial charge on any atom is 0.291 e. The lowest BCUT2D eigenvalue weighted by Gasteiger charge is -2.13. The molecule has 1 N–H and O–H groups in total. The predicted octanol–water partition coefficient (Wildman–Crippen LogP) is 3.71. The van der Waals surface area contributed by atoms with Crippen LogP contribution in [0.2, 0.25) is 0 Å². The lowest BCUT2D eigenvalue weighted by molar-refractivity contribution is 0.0997. The van der Waals surface area contributed by atoms with E-state index in [0.717, 1.165) is 37.3 Å². The van der Waals surface area contributed by atoms with Gasteiger partial charge in [0, 0.05) is 18.2 Å². The van der Waals surface area contributed by atoms with E-state index in [9.17, 15) is 9.59 Å². The standard InChI is InChI=1S/C25H25N5O3/c1-17-8-9-18(21-16-30(28-27-21)13-12-29-10-4-5-11-29)20(14-17)26-25(32)24-15-22(31)19-6-2-3-7-23(19)33-24/h2-3,6-9,14-16H,4-5,10-13H2,1H3,(H,26,32). The van der Waals surface area contributed by atoms with Crippen LogP contribution in [-0.2, 0) is 6.54 Å². The van der Waals surface area contributed by atoms with Crippen LogP contribution >= 0.6 is 0 Å². The van der Waals surface area contributed by atoms with Crippen LogP contribution in [0.4, 0.5) is 5.69 Å². The zero-order chi connectivity index (χ0) is 22.8. The van der Waals surface area contributed by atoms with Crippen molar-refractivity contribution in [2.45, 2.75) is 26.3 Å². The summed E-state index contributed by atoms with van der Waals surface area (Å²) in [6.07, 6.45) is 4.41. The molecule has 0 atom stereocenters. The van der Waals surface area contributed by atoms with Gasteiger partial charge in [-0.25, -0.2) is 0 Å². The number of nitrogens with zero attached hydrogens (tertiary/aromatic N) is 4. The molecule has 1 amide bonds. The van der Waals surface area contributed by atoms with E-state index < -0.39 is 5.91 Å². The van der Waals surface area contributed by atoms with Crippen LogP contribution in [0, 0.1) is 6.92 Å². The van der Waals surface area contributed by atoms with Crippen molar-refractivity contribution < 1.29 is 9.21 Å². The summed E-state index contributed by atoms with van der Waals surface area (Å²) in [6, 6.07) is 13.8. The quantitative estimate of drug-likeness (QED) is 0.488. The fourth-order valence-corrected chi connectivity index (χ4v) is 4.17. The zero-order valence-electron chi connectivity index (χ0n) is 18.5. The van der Waals surface area contributed by atoms with Crippen LogP contribution in [0.15, 0.2) is 63.9 Å². The third kappa shape index (κ3) is 4.56. The Hall–Kier alpha value is -3.78. The Morgan fingerprint density at radius 3 is 2.76 bits per heavy atom. The Labute approximate surface area is 190 Å². The minimum absolute atomic E-state index is 0.0413.